The highest BCUT2D eigenvalue weighted by Crippen LogP contribution is 2.31. The predicted molar refractivity (Wildman–Crippen MR) is 81.8 cm³/mol. The van der Waals surface area contributed by atoms with Crippen LogP contribution in [0.5, 0.6) is 0 Å². The summed E-state index contributed by atoms with van der Waals surface area (Å²) in [6, 6.07) is 2.14. The fourth-order valence-electron chi connectivity index (χ4n) is 2.40. The summed E-state index contributed by atoms with van der Waals surface area (Å²) >= 11 is 0. The maximum atomic E-state index is 12.1. The number of nitrogens with zero attached hydrogens (tertiary/aromatic N) is 4. The Morgan fingerprint density at radius 3 is 3.00 bits per heavy atom. The first-order valence-electron chi connectivity index (χ1n) is 6.89. The van der Waals surface area contributed by atoms with Crippen molar-refractivity contribution in [3.8, 4) is 0 Å². The highest BCUT2D eigenvalue weighted by molar-refractivity contribution is 5.92. The van der Waals surface area contributed by atoms with E-state index in [-0.39, 0.29) is 11.6 Å². The second kappa shape index (κ2) is 5.99. The molecule has 0 spiro atoms. The maximum Gasteiger partial charge on any atom is 0.433 e. The van der Waals surface area contributed by atoms with E-state index in [9.17, 15) is 14.9 Å². The molecule has 24 heavy (non-hydrogen) atoms. The smallest absolute Gasteiger partial charge is 0.433 e. The van der Waals surface area contributed by atoms with Crippen LogP contribution in [0, 0.1) is 10.1 Å². The third kappa shape index (κ3) is 2.64. The standard InChI is InChI=1S/C14H13N5O5/c1-8-12(13(20)23-2)10(18-14(17-8)15-7-16-18)5-3-9-4-6-11(24-9)19(21)22/h3-7,10H,1-2H3,(H,15,16,17)/b5-3+/t10-/m1/s1. The molecule has 0 unspecified atom stereocenters. The molecule has 0 bridgehead atoms. The van der Waals surface area contributed by atoms with Gasteiger partial charge in [0.05, 0.1) is 18.7 Å². The van der Waals surface area contributed by atoms with E-state index in [2.05, 4.69) is 15.4 Å². The quantitative estimate of drug-likeness (QED) is 0.511. The molecular weight excluding hydrogens is 318 g/mol. The van der Waals surface area contributed by atoms with Gasteiger partial charge in [-0.15, -0.1) is 0 Å². The molecule has 10 heteroatoms. The van der Waals surface area contributed by atoms with Crippen molar-refractivity contribution in [1.82, 2.24) is 14.8 Å². The lowest BCUT2D eigenvalue weighted by Crippen LogP contribution is -2.27. The van der Waals surface area contributed by atoms with Crippen LogP contribution in [0.15, 0.2) is 40.2 Å². The van der Waals surface area contributed by atoms with E-state index in [4.69, 9.17) is 9.15 Å². The van der Waals surface area contributed by atoms with E-state index in [1.54, 1.807) is 13.0 Å². The number of allylic oxidation sites excluding steroid dienone is 2. The lowest BCUT2D eigenvalue weighted by atomic mass is 10.0. The number of rotatable bonds is 4. The number of hydrogen-bond donors (Lipinski definition) is 1. The Labute approximate surface area is 135 Å². The number of nitro groups is 1. The molecule has 0 radical (unpaired) electrons. The number of methoxy groups -OCH3 is 1. The first-order valence-corrected chi connectivity index (χ1v) is 6.89. The van der Waals surface area contributed by atoms with Gasteiger partial charge in [-0.25, -0.2) is 9.48 Å². The number of furan rings is 1. The van der Waals surface area contributed by atoms with Crippen molar-refractivity contribution < 1.29 is 18.9 Å². The van der Waals surface area contributed by atoms with Crippen molar-refractivity contribution in [2.45, 2.75) is 13.0 Å². The van der Waals surface area contributed by atoms with Crippen molar-refractivity contribution in [2.24, 2.45) is 0 Å². The number of ether oxygens (including phenoxy) is 1. The summed E-state index contributed by atoms with van der Waals surface area (Å²) in [7, 11) is 1.29. The lowest BCUT2D eigenvalue weighted by molar-refractivity contribution is -0.402. The van der Waals surface area contributed by atoms with Crippen LogP contribution in [0.1, 0.15) is 18.7 Å². The third-order valence-corrected chi connectivity index (χ3v) is 3.48. The van der Waals surface area contributed by atoms with Gasteiger partial charge in [0.15, 0.2) is 0 Å². The van der Waals surface area contributed by atoms with E-state index in [0.29, 0.717) is 17.2 Å². The fraction of sp³-hybridized carbons (Fsp3) is 0.214. The Morgan fingerprint density at radius 2 is 2.33 bits per heavy atom. The minimum atomic E-state index is -0.624. The molecule has 0 amide bonds. The van der Waals surface area contributed by atoms with Gasteiger partial charge in [0.1, 0.15) is 23.1 Å². The van der Waals surface area contributed by atoms with Gasteiger partial charge in [0.2, 0.25) is 5.95 Å². The van der Waals surface area contributed by atoms with Crippen LogP contribution >= 0.6 is 0 Å². The Balaban J connectivity index is 1.97. The Bertz CT molecular complexity index is 863. The third-order valence-electron chi connectivity index (χ3n) is 3.48. The molecule has 2 aromatic heterocycles. The van der Waals surface area contributed by atoms with Crippen LogP contribution in [0.25, 0.3) is 6.08 Å². The van der Waals surface area contributed by atoms with Crippen molar-refractivity contribution in [3.05, 3.63) is 51.7 Å². The number of fused-ring (bicyclic) bond motifs is 1. The highest BCUT2D eigenvalue weighted by atomic mass is 16.6. The first kappa shape index (κ1) is 15.5. The van der Waals surface area contributed by atoms with Crippen molar-refractivity contribution in [3.63, 3.8) is 0 Å². The largest absolute Gasteiger partial charge is 0.466 e. The van der Waals surface area contributed by atoms with Crippen LogP contribution in [0.3, 0.4) is 0 Å². The van der Waals surface area contributed by atoms with Crippen molar-refractivity contribution >= 4 is 23.9 Å². The van der Waals surface area contributed by atoms with Gasteiger partial charge >= 0.3 is 11.9 Å². The molecule has 3 rings (SSSR count). The average molecular weight is 331 g/mol. The molecule has 2 aromatic rings. The van der Waals surface area contributed by atoms with Crippen LogP contribution in [0.2, 0.25) is 0 Å². The second-order valence-corrected chi connectivity index (χ2v) is 4.92. The van der Waals surface area contributed by atoms with Crippen molar-refractivity contribution in [2.75, 3.05) is 12.4 Å². The van der Waals surface area contributed by atoms with Gasteiger partial charge in [-0.3, -0.25) is 10.1 Å². The number of anilines is 1. The molecule has 10 nitrogen and oxygen atoms in total. The molecular formula is C14H13N5O5. The monoisotopic (exact) mass is 331 g/mol. The summed E-state index contributed by atoms with van der Waals surface area (Å²) < 4.78 is 11.4. The highest BCUT2D eigenvalue weighted by Gasteiger charge is 2.31. The molecule has 0 saturated heterocycles. The van der Waals surface area contributed by atoms with Gasteiger partial charge < -0.3 is 14.5 Å². The van der Waals surface area contributed by atoms with Crippen LogP contribution < -0.4 is 5.32 Å². The Hall–Kier alpha value is -3.43. The van der Waals surface area contributed by atoms with Gasteiger partial charge in [0.25, 0.3) is 0 Å². The molecule has 0 aliphatic carbocycles. The SMILES string of the molecule is COC(=O)C1=C(C)Nc2ncnn2[C@@H]1/C=C/c1ccc([N+](=O)[O-])o1. The molecule has 0 aromatic carbocycles. The summed E-state index contributed by atoms with van der Waals surface area (Å²) in [6.45, 7) is 1.73. The van der Waals surface area contributed by atoms with E-state index < -0.39 is 16.9 Å². The van der Waals surface area contributed by atoms with E-state index in [0.717, 1.165) is 0 Å². The normalized spacial score (nSPS) is 16.8. The molecule has 1 aliphatic rings. The maximum absolute atomic E-state index is 12.1. The van der Waals surface area contributed by atoms with Gasteiger partial charge in [-0.1, -0.05) is 6.08 Å². The summed E-state index contributed by atoms with van der Waals surface area (Å²) in [4.78, 5) is 26.2. The first-order chi connectivity index (χ1) is 11.5. The Morgan fingerprint density at radius 1 is 1.54 bits per heavy atom. The minimum Gasteiger partial charge on any atom is -0.466 e. The number of hydrogen-bond acceptors (Lipinski definition) is 8. The molecule has 0 fully saturated rings. The molecule has 1 N–H and O–H groups in total. The molecule has 1 atom stereocenters. The van der Waals surface area contributed by atoms with Crippen molar-refractivity contribution in [1.29, 1.82) is 0 Å². The van der Waals surface area contributed by atoms with Crippen LogP contribution in [0.4, 0.5) is 11.8 Å². The predicted octanol–water partition coefficient (Wildman–Crippen LogP) is 1.91. The number of carbonyl (C=O) groups is 1. The number of nitrogens with one attached hydrogen (secondary N) is 1. The minimum absolute atomic E-state index is 0.281. The lowest BCUT2D eigenvalue weighted by Gasteiger charge is -2.25. The van der Waals surface area contributed by atoms with E-state index in [1.807, 2.05) is 0 Å². The zero-order chi connectivity index (χ0) is 17.3. The molecule has 3 heterocycles. The van der Waals surface area contributed by atoms with E-state index in [1.165, 1.54) is 36.3 Å². The van der Waals surface area contributed by atoms with E-state index >= 15 is 0 Å². The molecule has 124 valence electrons. The zero-order valence-electron chi connectivity index (χ0n) is 12.8. The molecule has 0 saturated carbocycles. The fourth-order valence-corrected chi connectivity index (χ4v) is 2.40. The topological polar surface area (TPSA) is 125 Å². The summed E-state index contributed by atoms with van der Waals surface area (Å²) in [5, 5.41) is 17.7. The number of carbonyl (C=O) groups excluding carboxylic acids is 1. The second-order valence-electron chi connectivity index (χ2n) is 4.92. The molecule has 1 aliphatic heterocycles. The summed E-state index contributed by atoms with van der Waals surface area (Å²) in [5.74, 6) is -0.119. The van der Waals surface area contributed by atoms with Crippen LogP contribution in [-0.4, -0.2) is 32.8 Å². The van der Waals surface area contributed by atoms with Crippen LogP contribution in [-0.2, 0) is 9.53 Å². The zero-order valence-corrected chi connectivity index (χ0v) is 12.8. The Kier molecular flexibility index (Phi) is 3.86. The average Bonchev–Trinajstić information content (AvgIpc) is 3.20. The van der Waals surface area contributed by atoms with Gasteiger partial charge in [-0.05, 0) is 19.1 Å². The number of esters is 1. The summed E-state index contributed by atoms with van der Waals surface area (Å²) in [6.07, 6.45) is 4.52. The van der Waals surface area contributed by atoms with Gasteiger partial charge in [0, 0.05) is 5.70 Å². The number of aromatic nitrogens is 3. The summed E-state index contributed by atoms with van der Waals surface area (Å²) in [5.41, 5.74) is 0.940. The van der Waals surface area contributed by atoms with Gasteiger partial charge in [-0.2, -0.15) is 10.1 Å².